The maximum Gasteiger partial charge on any atom is 0.250 e. The summed E-state index contributed by atoms with van der Waals surface area (Å²) in [4.78, 5) is 134. The van der Waals surface area contributed by atoms with Gasteiger partial charge in [0.15, 0.2) is 11.6 Å². The van der Waals surface area contributed by atoms with Gasteiger partial charge in [-0.05, 0) is 75.4 Å². The van der Waals surface area contributed by atoms with Gasteiger partial charge in [0, 0.05) is 84.2 Å². The summed E-state index contributed by atoms with van der Waals surface area (Å²) in [5.74, 6) is -4.17. The van der Waals surface area contributed by atoms with E-state index in [1.54, 1.807) is 38.0 Å². The highest BCUT2D eigenvalue weighted by Crippen LogP contribution is 2.33. The second kappa shape index (κ2) is 37.6. The minimum atomic E-state index is -0.691. The molecule has 3 heterocycles. The number of likely N-dealkylation sites (tertiary alicyclic amines) is 2. The second-order valence-corrected chi connectivity index (χ2v) is 24.3. The smallest absolute Gasteiger partial charge is 0.250 e. The first-order chi connectivity index (χ1) is 40.6. The average molecular weight is 1200 g/mol. The molecular formula is C64H104N6O15. The lowest BCUT2D eigenvalue weighted by Gasteiger charge is -2.41. The van der Waals surface area contributed by atoms with Gasteiger partial charge in [-0.25, -0.2) is 5.06 Å². The number of Topliss-reactive ketones (excluding diaryl/α,β-unsaturated/α-hetero) is 3. The highest BCUT2D eigenvalue weighted by atomic mass is 16.7. The predicted molar refractivity (Wildman–Crippen MR) is 320 cm³/mol. The largest absolute Gasteiger partial charge is 0.379 e. The van der Waals surface area contributed by atoms with Crippen molar-refractivity contribution in [2.75, 3.05) is 107 Å². The Bertz CT molecular complexity index is 2280. The fourth-order valence-electron chi connectivity index (χ4n) is 12.2. The van der Waals surface area contributed by atoms with Crippen LogP contribution < -0.4 is 5.32 Å². The molecule has 0 aromatic heterocycles. The van der Waals surface area contributed by atoms with Gasteiger partial charge < -0.3 is 38.8 Å². The van der Waals surface area contributed by atoms with Crippen LogP contribution in [0.4, 0.5) is 0 Å². The number of hydrogen-bond donors (Lipinski definition) is 1. The molecule has 1 unspecified atom stereocenters. The number of ether oxygens (including phenoxy) is 5. The van der Waals surface area contributed by atoms with Gasteiger partial charge in [-0.1, -0.05) is 92.1 Å². The van der Waals surface area contributed by atoms with E-state index in [0.717, 1.165) is 18.4 Å². The number of amides is 6. The molecule has 3 saturated heterocycles. The number of hydroxylamine groups is 2. The van der Waals surface area contributed by atoms with E-state index < -0.39 is 48.1 Å². The molecule has 3 aliphatic heterocycles. The normalized spacial score (nSPS) is 19.4. The molecule has 480 valence electrons. The van der Waals surface area contributed by atoms with Gasteiger partial charge in [0.25, 0.3) is 0 Å². The molecular weight excluding hydrogens is 1090 g/mol. The summed E-state index contributed by atoms with van der Waals surface area (Å²) in [7, 11) is 6.71. The van der Waals surface area contributed by atoms with E-state index in [0.29, 0.717) is 78.2 Å². The molecule has 3 aliphatic rings. The fourth-order valence-corrected chi connectivity index (χ4v) is 12.2. The number of rotatable bonds is 41. The molecule has 1 N–H and O–H groups in total. The van der Waals surface area contributed by atoms with Gasteiger partial charge in [0.1, 0.15) is 5.78 Å². The average Bonchev–Trinajstić information content (AvgIpc) is 3.68. The third-order valence-corrected chi connectivity index (χ3v) is 17.3. The number of likely N-dealkylation sites (N-methyl/N-ethyl adjacent to an activating group) is 2. The summed E-state index contributed by atoms with van der Waals surface area (Å²) in [5, 5.41) is 4.07. The Morgan fingerprint density at radius 3 is 2.04 bits per heavy atom. The summed E-state index contributed by atoms with van der Waals surface area (Å²) >= 11 is 0. The third kappa shape index (κ3) is 22.6. The number of nitrogens with one attached hydrogen (secondary N) is 1. The summed E-state index contributed by atoms with van der Waals surface area (Å²) < 4.78 is 28.7. The Morgan fingerprint density at radius 2 is 1.45 bits per heavy atom. The van der Waals surface area contributed by atoms with Crippen LogP contribution in [0.15, 0.2) is 30.3 Å². The van der Waals surface area contributed by atoms with Gasteiger partial charge in [0.05, 0.1) is 102 Å². The molecule has 85 heavy (non-hydrogen) atoms. The van der Waals surface area contributed by atoms with Gasteiger partial charge in [-0.2, -0.15) is 0 Å². The van der Waals surface area contributed by atoms with Crippen LogP contribution in [0.5, 0.6) is 0 Å². The second-order valence-electron chi connectivity index (χ2n) is 24.3. The Labute approximate surface area is 506 Å². The molecule has 4 rings (SSSR count). The standard InChI is InChI=1S/C64H104N6O15/c1-13-45(6)60(55(80-11)41-58(76)68-27-20-24-52(68)61(81-12)47(8)53(72)39-49(38-48-21-15-14-16-22-48)63(78)70-28-17-18-30-85-70)67(10)64(79)51(43(2)3)40-54(73)59(44(4)5)66(9)26-19-23-50(71)42-65-56(74)25-31-82-33-35-84-36-34-83-32-29-69-57(75)37-46(7)62(69)77/h14-16,21-22,43-47,49,51-52,55,59-61H,13,17-20,23-42H2,1-12H3,(H,65,74)/t45-,46?,47-,49+,51-,52-,55+,59-,60-,61+/m0/s1. The number of carbonyl (C=O) groups excluding carboxylic acids is 9. The molecule has 0 radical (unpaired) electrons. The quantitative estimate of drug-likeness (QED) is 0.0605. The highest BCUT2D eigenvalue weighted by molar-refractivity contribution is 6.03. The van der Waals surface area contributed by atoms with Gasteiger partial charge >= 0.3 is 0 Å². The number of imide groups is 1. The fraction of sp³-hybridized carbons (Fsp3) is 0.766. The van der Waals surface area contributed by atoms with E-state index >= 15 is 0 Å². The van der Waals surface area contributed by atoms with Crippen LogP contribution in [-0.4, -0.2) is 215 Å². The zero-order valence-electron chi connectivity index (χ0n) is 53.4. The molecule has 21 nitrogen and oxygen atoms in total. The number of hydrogen-bond acceptors (Lipinski definition) is 16. The van der Waals surface area contributed by atoms with Gasteiger partial charge in [-0.3, -0.25) is 57.8 Å². The van der Waals surface area contributed by atoms with Crippen LogP contribution in [0.1, 0.15) is 138 Å². The zero-order valence-corrected chi connectivity index (χ0v) is 53.4. The molecule has 1 aromatic carbocycles. The van der Waals surface area contributed by atoms with Gasteiger partial charge in [0.2, 0.25) is 35.4 Å². The Kier molecular flexibility index (Phi) is 32.1. The van der Waals surface area contributed by atoms with Crippen molar-refractivity contribution >= 4 is 52.8 Å². The van der Waals surface area contributed by atoms with Gasteiger partial charge in [-0.15, -0.1) is 0 Å². The SMILES string of the molecule is CC[C@H](C)[C@@H]([C@@H](CC(=O)N1CCC[C@H]1[C@H](OC)[C@@H](C)C(=O)C[C@@H](Cc1ccccc1)C(=O)N1CCCCO1)OC)N(C)C(=O)[C@@H](CC(=O)[C@H](C(C)C)N(C)CCCC(=O)CNC(=O)CCOCCOCCOCCN1C(=O)CC(C)C1=O)C(C)C. The van der Waals surface area contributed by atoms with E-state index in [-0.39, 0.29) is 148 Å². The van der Waals surface area contributed by atoms with Crippen molar-refractivity contribution in [3.05, 3.63) is 35.9 Å². The third-order valence-electron chi connectivity index (χ3n) is 17.3. The van der Waals surface area contributed by atoms with Crippen molar-refractivity contribution in [1.82, 2.24) is 30.0 Å². The first-order valence-corrected chi connectivity index (χ1v) is 31.3. The molecule has 6 amide bonds. The summed E-state index contributed by atoms with van der Waals surface area (Å²) in [6, 6.07) is 8.22. The van der Waals surface area contributed by atoms with Crippen molar-refractivity contribution in [3.63, 3.8) is 0 Å². The molecule has 10 atom stereocenters. The lowest BCUT2D eigenvalue weighted by Crippen LogP contribution is -2.54. The first-order valence-electron chi connectivity index (χ1n) is 31.3. The van der Waals surface area contributed by atoms with Crippen molar-refractivity contribution in [2.45, 2.75) is 169 Å². The van der Waals surface area contributed by atoms with E-state index in [4.69, 9.17) is 28.5 Å². The van der Waals surface area contributed by atoms with Crippen LogP contribution in [0.25, 0.3) is 0 Å². The van der Waals surface area contributed by atoms with Crippen LogP contribution in [0.3, 0.4) is 0 Å². The lowest BCUT2D eigenvalue weighted by molar-refractivity contribution is -0.201. The monoisotopic (exact) mass is 1200 g/mol. The van der Waals surface area contributed by atoms with Crippen molar-refractivity contribution in [3.8, 4) is 0 Å². The molecule has 21 heteroatoms. The molecule has 0 saturated carbocycles. The van der Waals surface area contributed by atoms with Crippen LogP contribution >= 0.6 is 0 Å². The summed E-state index contributed by atoms with van der Waals surface area (Å²) in [6.45, 7) is 18.9. The van der Waals surface area contributed by atoms with Crippen LogP contribution in [0.2, 0.25) is 0 Å². The van der Waals surface area contributed by atoms with E-state index in [9.17, 15) is 43.2 Å². The maximum absolute atomic E-state index is 14.8. The first kappa shape index (κ1) is 72.4. The minimum absolute atomic E-state index is 0.000509. The number of nitrogens with zero attached hydrogens (tertiary/aromatic N) is 5. The molecule has 1 aromatic rings. The number of carbonyl (C=O) groups is 9. The van der Waals surface area contributed by atoms with Crippen molar-refractivity contribution in [1.29, 1.82) is 0 Å². The summed E-state index contributed by atoms with van der Waals surface area (Å²) in [6.07, 6.45) is 3.75. The maximum atomic E-state index is 14.8. The molecule has 0 bridgehead atoms. The molecule has 3 fully saturated rings. The van der Waals surface area contributed by atoms with E-state index in [2.05, 4.69) is 5.32 Å². The Hall–Kier alpha value is -5.03. The highest BCUT2D eigenvalue weighted by Gasteiger charge is 2.44. The number of benzene rings is 1. The lowest BCUT2D eigenvalue weighted by atomic mass is 9.83. The topological polar surface area (TPSA) is 237 Å². The summed E-state index contributed by atoms with van der Waals surface area (Å²) in [5.41, 5.74) is 0.949. The van der Waals surface area contributed by atoms with E-state index in [1.807, 2.05) is 90.7 Å². The van der Waals surface area contributed by atoms with E-state index in [1.165, 1.54) is 9.96 Å². The predicted octanol–water partition coefficient (Wildman–Crippen LogP) is 5.77. The molecule has 0 aliphatic carbocycles. The number of methoxy groups -OCH3 is 2. The number of ketones is 3. The minimum Gasteiger partial charge on any atom is -0.379 e. The van der Waals surface area contributed by atoms with Crippen molar-refractivity contribution in [2.24, 2.45) is 41.4 Å². The van der Waals surface area contributed by atoms with Crippen LogP contribution in [-0.2, 0) is 78.1 Å². The van der Waals surface area contributed by atoms with Crippen LogP contribution in [0, 0.1) is 41.4 Å². The van der Waals surface area contributed by atoms with Crippen molar-refractivity contribution < 1.29 is 71.7 Å². The molecule has 0 spiro atoms. The Balaban J connectivity index is 1.26. The Morgan fingerprint density at radius 1 is 0.776 bits per heavy atom. The zero-order chi connectivity index (χ0) is 62.8.